The first-order valence-corrected chi connectivity index (χ1v) is 6.90. The van der Waals surface area contributed by atoms with Crippen LogP contribution in [0.1, 0.15) is 46.2 Å². The summed E-state index contributed by atoms with van der Waals surface area (Å²) in [4.78, 5) is 14.2. The van der Waals surface area contributed by atoms with E-state index in [9.17, 15) is 13.6 Å². The minimum Gasteiger partial charge on any atom is -0.338 e. The predicted molar refractivity (Wildman–Crippen MR) is 79.6 cm³/mol. The van der Waals surface area contributed by atoms with Gasteiger partial charge in [0.05, 0.1) is 11.5 Å². The van der Waals surface area contributed by atoms with Crippen LogP contribution in [0, 0.1) is 17.0 Å². The van der Waals surface area contributed by atoms with E-state index >= 15 is 0 Å². The molecule has 3 nitrogen and oxygen atoms in total. The molecule has 0 aromatic heterocycles. The van der Waals surface area contributed by atoms with Crippen LogP contribution < -0.4 is 5.73 Å². The summed E-state index contributed by atoms with van der Waals surface area (Å²) in [5.74, 6) is -1.96. The van der Waals surface area contributed by atoms with Crippen molar-refractivity contribution in [3.05, 3.63) is 35.4 Å². The molecular weight excluding hydrogens is 274 g/mol. The van der Waals surface area contributed by atoms with Crippen LogP contribution >= 0.6 is 0 Å². The maximum Gasteiger partial charge on any atom is 0.230 e. The highest BCUT2D eigenvalue weighted by atomic mass is 19.2. The van der Waals surface area contributed by atoms with Crippen molar-refractivity contribution in [3.8, 4) is 0 Å². The van der Waals surface area contributed by atoms with Crippen molar-refractivity contribution in [2.24, 2.45) is 11.1 Å². The molecule has 0 aliphatic rings. The molecule has 0 spiro atoms. The Morgan fingerprint density at radius 1 is 1.19 bits per heavy atom. The second-order valence-electron chi connectivity index (χ2n) is 6.61. The van der Waals surface area contributed by atoms with Gasteiger partial charge in [-0.3, -0.25) is 4.79 Å². The summed E-state index contributed by atoms with van der Waals surface area (Å²) >= 11 is 0. The highest BCUT2D eigenvalue weighted by Crippen LogP contribution is 2.33. The van der Waals surface area contributed by atoms with Crippen LogP contribution in [0.3, 0.4) is 0 Å². The molecule has 118 valence electrons. The zero-order valence-electron chi connectivity index (χ0n) is 13.5. The predicted octanol–water partition coefficient (Wildman–Crippen LogP) is 3.25. The standard InChI is InChI=1S/C16H24F2N2O/c1-10(11-7-8-12(17)13(18)9-11)20(6)14(21)15(2,3)16(4,5)19/h7-10H,19H2,1-6H3. The number of hydrogen-bond donors (Lipinski definition) is 1. The average Bonchev–Trinajstić information content (AvgIpc) is 2.38. The van der Waals surface area contributed by atoms with Crippen molar-refractivity contribution >= 4 is 5.91 Å². The summed E-state index contributed by atoms with van der Waals surface area (Å²) in [6.45, 7) is 8.92. The lowest BCUT2D eigenvalue weighted by Crippen LogP contribution is -2.56. The van der Waals surface area contributed by atoms with Crippen LogP contribution in [0.25, 0.3) is 0 Å². The number of nitrogens with two attached hydrogens (primary N) is 1. The molecule has 0 radical (unpaired) electrons. The monoisotopic (exact) mass is 298 g/mol. The van der Waals surface area contributed by atoms with Crippen LogP contribution in [-0.2, 0) is 4.79 Å². The number of halogens is 2. The summed E-state index contributed by atoms with van der Waals surface area (Å²) in [7, 11) is 1.64. The first kappa shape index (κ1) is 17.6. The van der Waals surface area contributed by atoms with Crippen molar-refractivity contribution in [1.29, 1.82) is 0 Å². The van der Waals surface area contributed by atoms with E-state index in [1.165, 1.54) is 11.0 Å². The molecule has 1 amide bonds. The van der Waals surface area contributed by atoms with Gasteiger partial charge < -0.3 is 10.6 Å². The van der Waals surface area contributed by atoms with Gasteiger partial charge in [0, 0.05) is 12.6 Å². The third-order valence-corrected chi connectivity index (χ3v) is 4.47. The Kier molecular flexibility index (Phi) is 4.78. The Bertz CT molecular complexity index is 536. The Balaban J connectivity index is 3.04. The SMILES string of the molecule is CC(c1ccc(F)c(F)c1)N(C)C(=O)C(C)(C)C(C)(C)N. The van der Waals surface area contributed by atoms with Crippen LogP contribution in [0.2, 0.25) is 0 Å². The van der Waals surface area contributed by atoms with Gasteiger partial charge in [0.2, 0.25) is 5.91 Å². The molecule has 21 heavy (non-hydrogen) atoms. The number of nitrogens with zero attached hydrogens (tertiary/aromatic N) is 1. The number of benzene rings is 1. The molecule has 2 N–H and O–H groups in total. The minimum absolute atomic E-state index is 0.146. The lowest BCUT2D eigenvalue weighted by atomic mass is 9.74. The van der Waals surface area contributed by atoms with Crippen LogP contribution in [-0.4, -0.2) is 23.4 Å². The van der Waals surface area contributed by atoms with E-state index in [-0.39, 0.29) is 11.9 Å². The number of carbonyl (C=O) groups is 1. The van der Waals surface area contributed by atoms with Gasteiger partial charge in [-0.25, -0.2) is 8.78 Å². The highest BCUT2D eigenvalue weighted by molar-refractivity contribution is 5.83. The molecule has 1 aromatic carbocycles. The fourth-order valence-corrected chi connectivity index (χ4v) is 1.89. The van der Waals surface area contributed by atoms with E-state index in [1.807, 2.05) is 0 Å². The van der Waals surface area contributed by atoms with Gasteiger partial charge in [0.1, 0.15) is 0 Å². The molecule has 0 aliphatic heterocycles. The number of carbonyl (C=O) groups excluding carboxylic acids is 1. The summed E-state index contributed by atoms with van der Waals surface area (Å²) in [6.07, 6.45) is 0. The largest absolute Gasteiger partial charge is 0.338 e. The summed E-state index contributed by atoms with van der Waals surface area (Å²) in [5, 5.41) is 0. The quantitative estimate of drug-likeness (QED) is 0.927. The molecule has 0 heterocycles. The summed E-state index contributed by atoms with van der Waals surface area (Å²) in [6, 6.07) is 3.28. The number of amides is 1. The first-order valence-electron chi connectivity index (χ1n) is 6.90. The van der Waals surface area contributed by atoms with Crippen molar-refractivity contribution in [3.63, 3.8) is 0 Å². The number of rotatable bonds is 4. The minimum atomic E-state index is -0.918. The van der Waals surface area contributed by atoms with Crippen molar-refractivity contribution in [2.75, 3.05) is 7.05 Å². The molecule has 5 heteroatoms. The van der Waals surface area contributed by atoms with Crippen LogP contribution in [0.5, 0.6) is 0 Å². The van der Waals surface area contributed by atoms with Crippen LogP contribution in [0.15, 0.2) is 18.2 Å². The molecule has 0 aliphatic carbocycles. The molecule has 0 saturated heterocycles. The van der Waals surface area contributed by atoms with Gasteiger partial charge in [-0.05, 0) is 52.3 Å². The Labute approximate surface area is 125 Å². The average molecular weight is 298 g/mol. The first-order chi connectivity index (χ1) is 9.39. The topological polar surface area (TPSA) is 46.3 Å². The maximum absolute atomic E-state index is 13.3. The van der Waals surface area contributed by atoms with Gasteiger partial charge >= 0.3 is 0 Å². The second kappa shape index (κ2) is 5.72. The van der Waals surface area contributed by atoms with Gasteiger partial charge in [0.25, 0.3) is 0 Å². The van der Waals surface area contributed by atoms with E-state index in [0.717, 1.165) is 12.1 Å². The number of hydrogen-bond acceptors (Lipinski definition) is 2. The van der Waals surface area contributed by atoms with Gasteiger partial charge in [-0.1, -0.05) is 6.07 Å². The zero-order valence-corrected chi connectivity index (χ0v) is 13.5. The highest BCUT2D eigenvalue weighted by Gasteiger charge is 2.42. The van der Waals surface area contributed by atoms with Crippen LogP contribution in [0.4, 0.5) is 8.78 Å². The third kappa shape index (κ3) is 3.40. The fourth-order valence-electron chi connectivity index (χ4n) is 1.89. The molecule has 1 aromatic rings. The molecule has 0 fully saturated rings. The van der Waals surface area contributed by atoms with Crippen molar-refractivity contribution < 1.29 is 13.6 Å². The smallest absolute Gasteiger partial charge is 0.230 e. The fraction of sp³-hybridized carbons (Fsp3) is 0.562. The lowest BCUT2D eigenvalue weighted by molar-refractivity contribution is -0.144. The molecular formula is C16H24F2N2O. The Morgan fingerprint density at radius 2 is 1.71 bits per heavy atom. The van der Waals surface area contributed by atoms with Gasteiger partial charge in [-0.15, -0.1) is 0 Å². The zero-order chi connectivity index (χ0) is 16.6. The van der Waals surface area contributed by atoms with Crippen molar-refractivity contribution in [2.45, 2.75) is 46.2 Å². The van der Waals surface area contributed by atoms with E-state index in [2.05, 4.69) is 0 Å². The third-order valence-electron chi connectivity index (χ3n) is 4.47. The van der Waals surface area contributed by atoms with Gasteiger partial charge in [-0.2, -0.15) is 0 Å². The second-order valence-corrected chi connectivity index (χ2v) is 6.61. The molecule has 0 bridgehead atoms. The molecule has 1 unspecified atom stereocenters. The van der Waals surface area contributed by atoms with E-state index < -0.39 is 22.6 Å². The lowest BCUT2D eigenvalue weighted by Gasteiger charge is -2.41. The van der Waals surface area contributed by atoms with E-state index in [1.54, 1.807) is 41.7 Å². The Hall–Kier alpha value is -1.49. The normalized spacial score (nSPS) is 14.0. The molecule has 0 saturated carbocycles. The summed E-state index contributed by atoms with van der Waals surface area (Å²) < 4.78 is 26.3. The summed E-state index contributed by atoms with van der Waals surface area (Å²) in [5.41, 5.74) is 5.13. The maximum atomic E-state index is 13.3. The van der Waals surface area contributed by atoms with E-state index in [0.29, 0.717) is 5.56 Å². The van der Waals surface area contributed by atoms with E-state index in [4.69, 9.17) is 5.73 Å². The molecule has 1 rings (SSSR count). The molecule has 1 atom stereocenters. The van der Waals surface area contributed by atoms with Gasteiger partial charge in [0.15, 0.2) is 11.6 Å². The Morgan fingerprint density at radius 3 is 2.14 bits per heavy atom. The van der Waals surface area contributed by atoms with Crippen molar-refractivity contribution in [1.82, 2.24) is 4.90 Å².